The average molecular weight is 278 g/mol. The van der Waals surface area contributed by atoms with Gasteiger partial charge in [-0.25, -0.2) is 0 Å². The van der Waals surface area contributed by atoms with Crippen LogP contribution in [0.25, 0.3) is 0 Å². The molecule has 5 nitrogen and oxygen atoms in total. The number of unbranched alkanes of at least 4 members (excludes halogenated alkanes) is 2. The lowest BCUT2D eigenvalue weighted by Gasteiger charge is -2.07. The van der Waals surface area contributed by atoms with Crippen molar-refractivity contribution in [3.8, 4) is 5.75 Å². The summed E-state index contributed by atoms with van der Waals surface area (Å²) in [5.74, 6) is -0.416. The van der Waals surface area contributed by atoms with Crippen molar-refractivity contribution in [3.05, 3.63) is 29.8 Å². The number of ether oxygens (including phenoxy) is 1. The molecular formula is C15H22N2O3. The number of amides is 2. The van der Waals surface area contributed by atoms with Gasteiger partial charge in [-0.05, 0) is 24.1 Å². The highest BCUT2D eigenvalue weighted by Gasteiger charge is 2.11. The van der Waals surface area contributed by atoms with Gasteiger partial charge in [-0.15, -0.1) is 0 Å². The van der Waals surface area contributed by atoms with Gasteiger partial charge < -0.3 is 15.4 Å². The van der Waals surface area contributed by atoms with Gasteiger partial charge in [-0.1, -0.05) is 31.9 Å². The number of nitrogens with one attached hydrogen (secondary N) is 2. The van der Waals surface area contributed by atoms with Crippen molar-refractivity contribution in [3.63, 3.8) is 0 Å². The Morgan fingerprint density at radius 1 is 1.05 bits per heavy atom. The zero-order chi connectivity index (χ0) is 14.8. The van der Waals surface area contributed by atoms with E-state index in [1.54, 1.807) is 7.11 Å². The summed E-state index contributed by atoms with van der Waals surface area (Å²) in [6.07, 6.45) is 3.03. The summed E-state index contributed by atoms with van der Waals surface area (Å²) in [6.45, 7) is 2.96. The van der Waals surface area contributed by atoms with E-state index < -0.39 is 11.8 Å². The molecular weight excluding hydrogens is 256 g/mol. The summed E-state index contributed by atoms with van der Waals surface area (Å²) in [5.41, 5.74) is 0.915. The second-order valence-corrected chi connectivity index (χ2v) is 4.49. The molecule has 0 aromatic heterocycles. The minimum Gasteiger partial charge on any atom is -0.497 e. The number of hydrogen-bond acceptors (Lipinski definition) is 3. The first-order valence-corrected chi connectivity index (χ1v) is 6.86. The van der Waals surface area contributed by atoms with Crippen molar-refractivity contribution in [1.29, 1.82) is 0 Å². The molecule has 1 rings (SSSR count). The Hall–Kier alpha value is -2.04. The first kappa shape index (κ1) is 16.0. The lowest BCUT2D eigenvalue weighted by molar-refractivity contribution is -0.139. The molecule has 0 unspecified atom stereocenters. The maximum atomic E-state index is 11.6. The second kappa shape index (κ2) is 8.96. The van der Waals surface area contributed by atoms with E-state index in [9.17, 15) is 9.59 Å². The third-order valence-corrected chi connectivity index (χ3v) is 2.88. The summed E-state index contributed by atoms with van der Waals surface area (Å²) in [6, 6.07) is 7.31. The number of methoxy groups -OCH3 is 1. The maximum absolute atomic E-state index is 11.6. The van der Waals surface area contributed by atoms with E-state index in [0.29, 0.717) is 13.1 Å². The lowest BCUT2D eigenvalue weighted by Crippen LogP contribution is -2.39. The van der Waals surface area contributed by atoms with Gasteiger partial charge >= 0.3 is 11.8 Å². The number of carbonyl (C=O) groups is 2. The molecule has 20 heavy (non-hydrogen) atoms. The normalized spacial score (nSPS) is 9.90. The molecule has 1 aromatic rings. The maximum Gasteiger partial charge on any atom is 0.309 e. The number of carbonyl (C=O) groups excluding carboxylic acids is 2. The van der Waals surface area contributed by atoms with Crippen LogP contribution in [0.3, 0.4) is 0 Å². The zero-order valence-electron chi connectivity index (χ0n) is 12.1. The van der Waals surface area contributed by atoms with E-state index in [2.05, 4.69) is 17.6 Å². The molecule has 0 saturated carbocycles. The number of hydrogen-bond donors (Lipinski definition) is 2. The van der Waals surface area contributed by atoms with Crippen LogP contribution in [0.1, 0.15) is 31.7 Å². The van der Waals surface area contributed by atoms with E-state index in [1.165, 1.54) is 0 Å². The van der Waals surface area contributed by atoms with Crippen LogP contribution in [0, 0.1) is 0 Å². The fraction of sp³-hybridized carbons (Fsp3) is 0.467. The molecule has 0 aliphatic heterocycles. The minimum absolute atomic E-state index is 0.325. The van der Waals surface area contributed by atoms with Crippen LogP contribution >= 0.6 is 0 Å². The quantitative estimate of drug-likeness (QED) is 0.588. The summed E-state index contributed by atoms with van der Waals surface area (Å²) in [4.78, 5) is 23.0. The minimum atomic E-state index is -0.600. The van der Waals surface area contributed by atoms with Gasteiger partial charge in [0, 0.05) is 13.1 Å². The number of benzene rings is 1. The molecule has 2 amide bonds. The van der Waals surface area contributed by atoms with Crippen molar-refractivity contribution < 1.29 is 14.3 Å². The molecule has 110 valence electrons. The molecule has 0 spiro atoms. The summed E-state index contributed by atoms with van der Waals surface area (Å²) in [7, 11) is 1.60. The van der Waals surface area contributed by atoms with Gasteiger partial charge in [-0.2, -0.15) is 0 Å². The predicted octanol–water partition coefficient (Wildman–Crippen LogP) is 1.62. The molecule has 0 aliphatic rings. The third-order valence-electron chi connectivity index (χ3n) is 2.88. The van der Waals surface area contributed by atoms with Crippen LogP contribution in [0.2, 0.25) is 0 Å². The molecule has 0 radical (unpaired) electrons. The van der Waals surface area contributed by atoms with E-state index in [4.69, 9.17) is 4.74 Å². The van der Waals surface area contributed by atoms with Gasteiger partial charge in [0.15, 0.2) is 0 Å². The SMILES string of the molecule is CCCCCNC(=O)C(=O)NCc1ccc(OC)cc1. The lowest BCUT2D eigenvalue weighted by atomic mass is 10.2. The Kier molecular flexibility index (Phi) is 7.17. The van der Waals surface area contributed by atoms with Crippen LogP contribution in [-0.2, 0) is 16.1 Å². The van der Waals surface area contributed by atoms with Crippen LogP contribution in [-0.4, -0.2) is 25.5 Å². The number of rotatable bonds is 7. The largest absolute Gasteiger partial charge is 0.497 e. The zero-order valence-corrected chi connectivity index (χ0v) is 12.1. The first-order valence-electron chi connectivity index (χ1n) is 6.86. The first-order chi connectivity index (χ1) is 9.67. The van der Waals surface area contributed by atoms with Crippen molar-refractivity contribution >= 4 is 11.8 Å². The smallest absolute Gasteiger partial charge is 0.309 e. The Balaban J connectivity index is 2.29. The van der Waals surface area contributed by atoms with Crippen LogP contribution < -0.4 is 15.4 Å². The molecule has 5 heteroatoms. The van der Waals surface area contributed by atoms with Crippen molar-refractivity contribution in [2.75, 3.05) is 13.7 Å². The Morgan fingerprint density at radius 3 is 2.30 bits per heavy atom. The highest BCUT2D eigenvalue weighted by molar-refractivity contribution is 6.35. The molecule has 2 N–H and O–H groups in total. The predicted molar refractivity (Wildman–Crippen MR) is 77.4 cm³/mol. The van der Waals surface area contributed by atoms with Crippen LogP contribution in [0.15, 0.2) is 24.3 Å². The Bertz CT molecular complexity index is 429. The van der Waals surface area contributed by atoms with Gasteiger partial charge in [0.1, 0.15) is 5.75 Å². The van der Waals surface area contributed by atoms with Crippen LogP contribution in [0.5, 0.6) is 5.75 Å². The van der Waals surface area contributed by atoms with Gasteiger partial charge in [-0.3, -0.25) is 9.59 Å². The molecule has 0 heterocycles. The molecule has 0 fully saturated rings. The summed E-state index contributed by atoms with van der Waals surface area (Å²) < 4.78 is 5.05. The van der Waals surface area contributed by atoms with Gasteiger partial charge in [0.2, 0.25) is 0 Å². The van der Waals surface area contributed by atoms with E-state index in [-0.39, 0.29) is 0 Å². The van der Waals surface area contributed by atoms with Gasteiger partial charge in [0.25, 0.3) is 0 Å². The molecule has 0 saturated heterocycles. The highest BCUT2D eigenvalue weighted by atomic mass is 16.5. The monoisotopic (exact) mass is 278 g/mol. The van der Waals surface area contributed by atoms with Crippen molar-refractivity contribution in [1.82, 2.24) is 10.6 Å². The molecule has 0 atom stereocenters. The highest BCUT2D eigenvalue weighted by Crippen LogP contribution is 2.10. The van der Waals surface area contributed by atoms with Gasteiger partial charge in [0.05, 0.1) is 7.11 Å². The van der Waals surface area contributed by atoms with E-state index in [0.717, 1.165) is 30.6 Å². The topological polar surface area (TPSA) is 67.4 Å². The standard InChI is InChI=1S/C15H22N2O3/c1-3-4-5-10-16-14(18)15(19)17-11-12-6-8-13(20-2)9-7-12/h6-9H,3-5,10-11H2,1-2H3,(H,16,18)(H,17,19). The molecule has 1 aromatic carbocycles. The molecule has 0 aliphatic carbocycles. The fourth-order valence-electron chi connectivity index (χ4n) is 1.66. The van der Waals surface area contributed by atoms with E-state index in [1.807, 2.05) is 24.3 Å². The summed E-state index contributed by atoms with van der Waals surface area (Å²) >= 11 is 0. The summed E-state index contributed by atoms with van der Waals surface area (Å²) in [5, 5.41) is 5.19. The third kappa shape index (κ3) is 5.73. The van der Waals surface area contributed by atoms with E-state index >= 15 is 0 Å². The fourth-order valence-corrected chi connectivity index (χ4v) is 1.66. The Labute approximate surface area is 119 Å². The Morgan fingerprint density at radius 2 is 1.70 bits per heavy atom. The second-order valence-electron chi connectivity index (χ2n) is 4.49. The van der Waals surface area contributed by atoms with Crippen LogP contribution in [0.4, 0.5) is 0 Å². The van der Waals surface area contributed by atoms with Crippen molar-refractivity contribution in [2.45, 2.75) is 32.7 Å². The average Bonchev–Trinajstić information content (AvgIpc) is 2.49. The van der Waals surface area contributed by atoms with Crippen molar-refractivity contribution in [2.24, 2.45) is 0 Å². The molecule has 0 bridgehead atoms.